The Balaban J connectivity index is 2.98. The molecule has 0 radical (unpaired) electrons. The van der Waals surface area contributed by atoms with E-state index in [1.54, 1.807) is 0 Å². The molecule has 0 aromatic heterocycles. The number of hydrogen-bond donors (Lipinski definition) is 1. The average Bonchev–Trinajstić information content (AvgIpc) is 2.20. The second-order valence-electron chi connectivity index (χ2n) is 2.74. The highest BCUT2D eigenvalue weighted by Gasteiger charge is 2.15. The first kappa shape index (κ1) is 11.2. The summed E-state index contributed by atoms with van der Waals surface area (Å²) in [5.41, 5.74) is 4.49. The molecule has 0 saturated carbocycles. The van der Waals surface area contributed by atoms with Crippen LogP contribution >= 0.6 is 0 Å². The molecule has 0 aliphatic carbocycles. The third kappa shape index (κ3) is 2.52. The van der Waals surface area contributed by atoms with Crippen LogP contribution in [-0.4, -0.2) is 12.6 Å². The van der Waals surface area contributed by atoms with Crippen molar-refractivity contribution >= 4 is 11.7 Å². The highest BCUT2D eigenvalue weighted by Crippen LogP contribution is 2.17. The lowest BCUT2D eigenvalue weighted by Gasteiger charge is -2.04. The zero-order chi connectivity index (χ0) is 11.4. The Labute approximate surface area is 85.1 Å². The summed E-state index contributed by atoms with van der Waals surface area (Å²) in [6, 6.07) is 1.44. The first-order chi connectivity index (χ1) is 7.06. The average molecular weight is 213 g/mol. The lowest BCUT2D eigenvalue weighted by molar-refractivity contribution is 0.0544. The van der Waals surface area contributed by atoms with Gasteiger partial charge in [-0.2, -0.15) is 0 Å². The fourth-order valence-electron chi connectivity index (χ4n) is 0.935. The summed E-state index contributed by atoms with van der Waals surface area (Å²) in [4.78, 5) is 11.2. The molecule has 0 spiro atoms. The highest BCUT2D eigenvalue weighted by molar-refractivity contribution is 5.90. The number of hydrogen-bond acceptors (Lipinski definition) is 3. The summed E-state index contributed by atoms with van der Waals surface area (Å²) in [7, 11) is 0. The SMILES string of the molecule is C=CCOC(=O)c1cc(N)c(F)cc1F. The topological polar surface area (TPSA) is 52.3 Å². The van der Waals surface area contributed by atoms with Crippen LogP contribution in [-0.2, 0) is 4.74 Å². The van der Waals surface area contributed by atoms with Gasteiger partial charge in [-0.1, -0.05) is 12.7 Å². The summed E-state index contributed by atoms with van der Waals surface area (Å²) in [5, 5.41) is 0. The smallest absolute Gasteiger partial charge is 0.341 e. The van der Waals surface area contributed by atoms with E-state index in [-0.39, 0.29) is 12.3 Å². The van der Waals surface area contributed by atoms with Crippen molar-refractivity contribution in [3.05, 3.63) is 42.0 Å². The normalized spacial score (nSPS) is 9.73. The molecule has 0 amide bonds. The van der Waals surface area contributed by atoms with Gasteiger partial charge in [0.05, 0.1) is 11.3 Å². The zero-order valence-corrected chi connectivity index (χ0v) is 7.80. The Morgan fingerprint density at radius 1 is 1.47 bits per heavy atom. The number of nitrogens with two attached hydrogens (primary N) is 1. The molecule has 80 valence electrons. The van der Waals surface area contributed by atoms with Gasteiger partial charge in [0.2, 0.25) is 0 Å². The molecule has 1 aromatic rings. The predicted molar refractivity (Wildman–Crippen MR) is 51.2 cm³/mol. The van der Waals surface area contributed by atoms with Crippen molar-refractivity contribution in [3.8, 4) is 0 Å². The van der Waals surface area contributed by atoms with Crippen molar-refractivity contribution in [3.63, 3.8) is 0 Å². The number of halogens is 2. The zero-order valence-electron chi connectivity index (χ0n) is 7.80. The lowest BCUT2D eigenvalue weighted by atomic mass is 10.2. The number of esters is 1. The van der Waals surface area contributed by atoms with Crippen LogP contribution in [0.4, 0.5) is 14.5 Å². The minimum absolute atomic E-state index is 0.0461. The van der Waals surface area contributed by atoms with E-state index in [9.17, 15) is 13.6 Å². The summed E-state index contributed by atoms with van der Waals surface area (Å²) >= 11 is 0. The molecule has 3 nitrogen and oxygen atoms in total. The number of ether oxygens (including phenoxy) is 1. The van der Waals surface area contributed by atoms with Crippen LogP contribution in [0.2, 0.25) is 0 Å². The first-order valence-electron chi connectivity index (χ1n) is 4.08. The molecule has 0 bridgehead atoms. The third-order valence-electron chi connectivity index (χ3n) is 1.64. The van der Waals surface area contributed by atoms with E-state index in [4.69, 9.17) is 5.73 Å². The van der Waals surface area contributed by atoms with Crippen molar-refractivity contribution in [1.29, 1.82) is 0 Å². The van der Waals surface area contributed by atoms with E-state index >= 15 is 0 Å². The van der Waals surface area contributed by atoms with Gasteiger partial charge < -0.3 is 10.5 Å². The number of rotatable bonds is 3. The van der Waals surface area contributed by atoms with Crippen LogP contribution in [0.25, 0.3) is 0 Å². The summed E-state index contributed by atoms with van der Waals surface area (Å²) in [6.45, 7) is 3.28. The Bertz CT molecular complexity index is 405. The van der Waals surface area contributed by atoms with E-state index in [1.807, 2.05) is 0 Å². The van der Waals surface area contributed by atoms with E-state index in [2.05, 4.69) is 11.3 Å². The molecule has 0 aliphatic rings. The Morgan fingerprint density at radius 2 is 2.13 bits per heavy atom. The molecule has 0 fully saturated rings. The van der Waals surface area contributed by atoms with Gasteiger partial charge in [0, 0.05) is 6.07 Å². The number of anilines is 1. The van der Waals surface area contributed by atoms with E-state index < -0.39 is 23.2 Å². The maximum atomic E-state index is 13.1. The number of nitrogen functional groups attached to an aromatic ring is 1. The monoisotopic (exact) mass is 213 g/mol. The van der Waals surface area contributed by atoms with E-state index in [0.717, 1.165) is 6.07 Å². The molecule has 0 aliphatic heterocycles. The maximum Gasteiger partial charge on any atom is 0.341 e. The molecule has 1 rings (SSSR count). The second-order valence-corrected chi connectivity index (χ2v) is 2.74. The fourth-order valence-corrected chi connectivity index (χ4v) is 0.935. The summed E-state index contributed by atoms with van der Waals surface area (Å²) < 4.78 is 30.4. The fraction of sp³-hybridized carbons (Fsp3) is 0.100. The van der Waals surface area contributed by atoms with Gasteiger partial charge in [-0.15, -0.1) is 0 Å². The van der Waals surface area contributed by atoms with Crippen LogP contribution in [0.3, 0.4) is 0 Å². The number of carbonyl (C=O) groups excluding carboxylic acids is 1. The molecule has 2 N–H and O–H groups in total. The molecule has 15 heavy (non-hydrogen) atoms. The second kappa shape index (κ2) is 4.54. The van der Waals surface area contributed by atoms with E-state index in [0.29, 0.717) is 6.07 Å². The molecule has 5 heteroatoms. The quantitative estimate of drug-likeness (QED) is 0.474. The maximum absolute atomic E-state index is 13.1. The molecule has 0 atom stereocenters. The third-order valence-corrected chi connectivity index (χ3v) is 1.64. The van der Waals surface area contributed by atoms with Crippen molar-refractivity contribution in [1.82, 2.24) is 0 Å². The Morgan fingerprint density at radius 3 is 2.73 bits per heavy atom. The van der Waals surface area contributed by atoms with Crippen LogP contribution in [0.1, 0.15) is 10.4 Å². The first-order valence-corrected chi connectivity index (χ1v) is 4.08. The molecule has 0 heterocycles. The summed E-state index contributed by atoms with van der Waals surface area (Å²) in [5.74, 6) is -2.82. The van der Waals surface area contributed by atoms with Gasteiger partial charge in [-0.25, -0.2) is 13.6 Å². The standard InChI is InChI=1S/C10H9F2NO2/c1-2-3-15-10(14)6-4-9(13)8(12)5-7(6)11/h2,4-5H,1,3,13H2. The highest BCUT2D eigenvalue weighted by atomic mass is 19.1. The molecule has 0 saturated heterocycles. The largest absolute Gasteiger partial charge is 0.458 e. The van der Waals surface area contributed by atoms with Crippen LogP contribution in [0, 0.1) is 11.6 Å². The van der Waals surface area contributed by atoms with Gasteiger partial charge in [-0.3, -0.25) is 0 Å². The van der Waals surface area contributed by atoms with Gasteiger partial charge >= 0.3 is 5.97 Å². The molecule has 1 aromatic carbocycles. The van der Waals surface area contributed by atoms with Gasteiger partial charge in [0.1, 0.15) is 18.2 Å². The number of benzene rings is 1. The van der Waals surface area contributed by atoms with E-state index in [1.165, 1.54) is 6.08 Å². The summed E-state index contributed by atoms with van der Waals surface area (Å²) in [6.07, 6.45) is 1.34. The Kier molecular flexibility index (Phi) is 3.38. The van der Waals surface area contributed by atoms with Crippen molar-refractivity contribution in [2.45, 2.75) is 0 Å². The van der Waals surface area contributed by atoms with Crippen molar-refractivity contribution in [2.75, 3.05) is 12.3 Å². The van der Waals surface area contributed by atoms with Crippen LogP contribution < -0.4 is 5.73 Å². The van der Waals surface area contributed by atoms with Crippen molar-refractivity contribution in [2.24, 2.45) is 0 Å². The Hall–Kier alpha value is -1.91. The number of carbonyl (C=O) groups is 1. The van der Waals surface area contributed by atoms with Crippen LogP contribution in [0.5, 0.6) is 0 Å². The molecular weight excluding hydrogens is 204 g/mol. The minimum Gasteiger partial charge on any atom is -0.458 e. The predicted octanol–water partition coefficient (Wildman–Crippen LogP) is 1.89. The van der Waals surface area contributed by atoms with Crippen LogP contribution in [0.15, 0.2) is 24.8 Å². The molecular formula is C10H9F2NO2. The lowest BCUT2D eigenvalue weighted by Crippen LogP contribution is -2.09. The minimum atomic E-state index is -1.00. The molecule has 0 unspecified atom stereocenters. The van der Waals surface area contributed by atoms with Gasteiger partial charge in [0.25, 0.3) is 0 Å². The van der Waals surface area contributed by atoms with Gasteiger partial charge in [-0.05, 0) is 6.07 Å². The van der Waals surface area contributed by atoms with Crippen molar-refractivity contribution < 1.29 is 18.3 Å². The van der Waals surface area contributed by atoms with Gasteiger partial charge in [0.15, 0.2) is 0 Å².